The van der Waals surface area contributed by atoms with Gasteiger partial charge in [-0.05, 0) is 47.5 Å². The monoisotopic (exact) mass is 653 g/mol. The quantitative estimate of drug-likeness (QED) is 0.241. The molecule has 0 saturated carbocycles. The molecule has 4 N–H and O–H groups in total. The first kappa shape index (κ1) is 30.7. The number of morpholine rings is 1. The number of amides is 1. The predicted octanol–water partition coefficient (Wildman–Crippen LogP) is 4.22. The van der Waals surface area contributed by atoms with Crippen LogP contribution < -0.4 is 16.4 Å². The van der Waals surface area contributed by atoms with E-state index in [1.165, 1.54) is 40.3 Å². The predicted molar refractivity (Wildman–Crippen MR) is 168 cm³/mol. The van der Waals surface area contributed by atoms with Gasteiger partial charge in [0.2, 0.25) is 10.0 Å². The number of hydrogen-bond donors (Lipinski definition) is 3. The van der Waals surface area contributed by atoms with E-state index in [4.69, 9.17) is 10.5 Å². The number of benzene rings is 1. The highest BCUT2D eigenvalue weighted by Crippen LogP contribution is 2.32. The Morgan fingerprint density at radius 2 is 1.93 bits per heavy atom. The lowest BCUT2D eigenvalue weighted by atomic mass is 10.0. The molecule has 45 heavy (non-hydrogen) atoms. The molecule has 1 unspecified atom stereocenters. The number of rotatable bonds is 9. The molecule has 4 heterocycles. The number of aromatic nitrogens is 3. The Hall–Kier alpha value is -4.31. The van der Waals surface area contributed by atoms with Gasteiger partial charge in [0.05, 0.1) is 30.8 Å². The lowest BCUT2D eigenvalue weighted by Gasteiger charge is -2.26. The summed E-state index contributed by atoms with van der Waals surface area (Å²) in [4.78, 5) is 27.8. The number of sulfonamides is 1. The van der Waals surface area contributed by atoms with E-state index in [2.05, 4.69) is 25.6 Å². The van der Waals surface area contributed by atoms with Crippen LogP contribution in [0.15, 0.2) is 77.4 Å². The molecule has 0 radical (unpaired) electrons. The van der Waals surface area contributed by atoms with Crippen molar-refractivity contribution in [2.24, 2.45) is 0 Å². The summed E-state index contributed by atoms with van der Waals surface area (Å²) >= 11 is 1.52. The zero-order chi connectivity index (χ0) is 31.6. The third-order valence-corrected chi connectivity index (χ3v) is 10.4. The largest absolute Gasteiger partial charge is 0.383 e. The number of hydrogen-bond acceptors (Lipinski definition) is 10. The zero-order valence-corrected chi connectivity index (χ0v) is 25.5. The van der Waals surface area contributed by atoms with Crippen molar-refractivity contribution in [1.29, 1.82) is 0 Å². The van der Waals surface area contributed by atoms with Gasteiger partial charge in [0.1, 0.15) is 28.7 Å². The van der Waals surface area contributed by atoms with E-state index < -0.39 is 27.9 Å². The van der Waals surface area contributed by atoms with E-state index in [1.807, 2.05) is 30.3 Å². The van der Waals surface area contributed by atoms with Crippen LogP contribution in [-0.4, -0.2) is 72.6 Å². The van der Waals surface area contributed by atoms with E-state index in [1.54, 1.807) is 0 Å². The molecule has 1 amide bonds. The summed E-state index contributed by atoms with van der Waals surface area (Å²) in [5.74, 6) is -0.963. The lowest BCUT2D eigenvalue weighted by molar-refractivity contribution is 0.0730. The van der Waals surface area contributed by atoms with E-state index in [9.17, 15) is 22.0 Å². The number of nitrogens with zero attached hydrogens (tertiary/aromatic N) is 4. The van der Waals surface area contributed by atoms with Crippen LogP contribution in [0.25, 0.3) is 21.3 Å². The maximum atomic E-state index is 13.8. The molecule has 1 saturated heterocycles. The van der Waals surface area contributed by atoms with Gasteiger partial charge in [-0.15, -0.1) is 11.3 Å². The van der Waals surface area contributed by atoms with Crippen LogP contribution in [0.3, 0.4) is 0 Å². The molecule has 1 aliphatic heterocycles. The van der Waals surface area contributed by atoms with E-state index in [0.29, 0.717) is 17.9 Å². The normalized spacial score (nSPS) is 17.5. The van der Waals surface area contributed by atoms with Crippen molar-refractivity contribution in [2.75, 3.05) is 43.9 Å². The number of halogens is 2. The average molecular weight is 654 g/mol. The molecule has 2 aliphatic rings. The first-order chi connectivity index (χ1) is 21.7. The first-order valence-corrected chi connectivity index (χ1v) is 16.3. The van der Waals surface area contributed by atoms with Crippen LogP contribution in [0.4, 0.5) is 20.4 Å². The fourth-order valence-electron chi connectivity index (χ4n) is 4.96. The molecule has 234 valence electrons. The van der Waals surface area contributed by atoms with Crippen LogP contribution in [0.2, 0.25) is 0 Å². The first-order valence-electron chi connectivity index (χ1n) is 14.1. The van der Waals surface area contributed by atoms with Crippen LogP contribution in [0.1, 0.15) is 21.7 Å². The highest BCUT2D eigenvalue weighted by molar-refractivity contribution is 7.89. The number of nitrogens with one attached hydrogen (secondary N) is 2. The summed E-state index contributed by atoms with van der Waals surface area (Å²) in [6, 6.07) is 10.9. The number of pyridine rings is 1. The molecular formula is C30H29F2N7O4S2. The van der Waals surface area contributed by atoms with Gasteiger partial charge in [-0.25, -0.2) is 32.2 Å². The zero-order valence-electron chi connectivity index (χ0n) is 23.9. The molecule has 1 atom stereocenters. The third kappa shape index (κ3) is 6.71. The minimum Gasteiger partial charge on any atom is -0.383 e. The fourth-order valence-corrected chi connectivity index (χ4v) is 7.28. The van der Waals surface area contributed by atoms with Crippen molar-refractivity contribution in [3.63, 3.8) is 0 Å². The van der Waals surface area contributed by atoms with Crippen LogP contribution >= 0.6 is 11.3 Å². The van der Waals surface area contributed by atoms with Gasteiger partial charge >= 0.3 is 0 Å². The van der Waals surface area contributed by atoms with Gasteiger partial charge in [0.15, 0.2) is 6.17 Å². The summed E-state index contributed by atoms with van der Waals surface area (Å²) in [6.07, 6.45) is 3.38. The van der Waals surface area contributed by atoms with Gasteiger partial charge < -0.3 is 21.1 Å². The summed E-state index contributed by atoms with van der Waals surface area (Å²) in [5, 5.41) is 6.59. The third-order valence-electron chi connectivity index (χ3n) is 7.42. The molecule has 0 spiro atoms. The maximum Gasteiger partial charge on any atom is 0.255 e. The second-order valence-electron chi connectivity index (χ2n) is 10.4. The molecule has 1 aromatic carbocycles. The molecule has 3 aromatic heterocycles. The van der Waals surface area contributed by atoms with Crippen molar-refractivity contribution < 1.29 is 26.7 Å². The average Bonchev–Trinajstić information content (AvgIpc) is 3.54. The van der Waals surface area contributed by atoms with E-state index in [-0.39, 0.29) is 55.5 Å². The molecule has 11 nitrogen and oxygen atoms in total. The minimum atomic E-state index is -3.94. The Bertz CT molecular complexity index is 1920. The Kier molecular flexibility index (Phi) is 8.85. The lowest BCUT2D eigenvalue weighted by Crippen LogP contribution is -2.40. The molecular weight excluding hydrogens is 625 g/mol. The number of nitrogen functional groups attached to an aromatic ring is 1. The van der Waals surface area contributed by atoms with Crippen molar-refractivity contribution in [1.82, 2.24) is 24.6 Å². The number of carbonyl (C=O) groups excluding carboxylic acids is 1. The summed E-state index contributed by atoms with van der Waals surface area (Å²) < 4.78 is 60.5. The SMILES string of the molecule is Nc1ncnc2ccc(-c3ccc(CNc4ncc(S(=O)(=O)N5CCOCC5)cc4C(=O)NCC4=CCC(F)C(F)=C4)s3)cc12. The number of anilines is 2. The van der Waals surface area contributed by atoms with E-state index >= 15 is 0 Å². The number of alkyl halides is 1. The number of allylic oxidation sites excluding steroid dienone is 2. The summed E-state index contributed by atoms with van der Waals surface area (Å²) in [5.41, 5.74) is 8.12. The Labute approximate surface area is 261 Å². The molecule has 15 heteroatoms. The Morgan fingerprint density at radius 3 is 2.73 bits per heavy atom. The van der Waals surface area contributed by atoms with Gasteiger partial charge in [0, 0.05) is 47.4 Å². The standard InChI is InChI=1S/C30H29F2N7O4S2/c31-24-4-1-18(11-25(24)32)14-36-30(40)23-13-21(45(41,42)39-7-9-43-10-8-39)16-35-29(23)34-15-20-3-6-27(44-20)19-2-5-26-22(12-19)28(33)38-17-37-26/h1-3,5-6,11-13,16-17,24H,4,7-10,14-15H2,(H,34,35)(H,36,40)(H2,33,37,38). The van der Waals surface area contributed by atoms with Gasteiger partial charge in [-0.3, -0.25) is 4.79 Å². The maximum absolute atomic E-state index is 13.8. The van der Waals surface area contributed by atoms with E-state index in [0.717, 1.165) is 32.3 Å². The number of fused-ring (bicyclic) bond motifs is 1. The smallest absolute Gasteiger partial charge is 0.255 e. The van der Waals surface area contributed by atoms with Crippen LogP contribution in [-0.2, 0) is 21.3 Å². The Morgan fingerprint density at radius 1 is 1.11 bits per heavy atom. The second kappa shape index (κ2) is 13.0. The van der Waals surface area contributed by atoms with Gasteiger partial charge in [-0.2, -0.15) is 4.31 Å². The van der Waals surface area contributed by atoms with Crippen molar-refractivity contribution in [3.8, 4) is 10.4 Å². The fraction of sp³-hybridized carbons (Fsp3) is 0.267. The topological polar surface area (TPSA) is 152 Å². The number of nitrogens with two attached hydrogens (primary N) is 1. The van der Waals surface area contributed by atoms with Gasteiger partial charge in [-0.1, -0.05) is 12.1 Å². The Balaban J connectivity index is 1.23. The minimum absolute atomic E-state index is 0.00431. The number of ether oxygens (including phenoxy) is 1. The molecule has 4 aromatic rings. The molecule has 1 fully saturated rings. The molecule has 0 bridgehead atoms. The number of carbonyl (C=O) groups is 1. The van der Waals surface area contributed by atoms with Crippen LogP contribution in [0.5, 0.6) is 0 Å². The van der Waals surface area contributed by atoms with Crippen LogP contribution in [0, 0.1) is 0 Å². The van der Waals surface area contributed by atoms with Gasteiger partial charge in [0.25, 0.3) is 5.91 Å². The van der Waals surface area contributed by atoms with Crippen molar-refractivity contribution >= 4 is 49.8 Å². The highest BCUT2D eigenvalue weighted by Gasteiger charge is 2.28. The molecule has 6 rings (SSSR count). The number of thiophene rings is 1. The summed E-state index contributed by atoms with van der Waals surface area (Å²) in [7, 11) is -3.94. The highest BCUT2D eigenvalue weighted by atomic mass is 32.2. The van der Waals surface area contributed by atoms with Crippen molar-refractivity contribution in [3.05, 3.63) is 82.9 Å². The summed E-state index contributed by atoms with van der Waals surface area (Å²) in [6.45, 7) is 1.12. The second-order valence-corrected chi connectivity index (χ2v) is 13.5. The van der Waals surface area contributed by atoms with Crippen molar-refractivity contribution in [2.45, 2.75) is 24.0 Å². The molecule has 1 aliphatic carbocycles.